The zero-order valence-corrected chi connectivity index (χ0v) is 10.4. The minimum atomic E-state index is -1.24. The van der Waals surface area contributed by atoms with Gasteiger partial charge in [-0.3, -0.25) is 4.79 Å². The number of nitrogens with one attached hydrogen (secondary N) is 1. The van der Waals surface area contributed by atoms with Gasteiger partial charge in [0, 0.05) is 6.07 Å². The van der Waals surface area contributed by atoms with E-state index in [1.54, 1.807) is 6.92 Å². The average Bonchev–Trinajstić information content (AvgIpc) is 2.85. The molecule has 1 amide bonds. The molecule has 0 saturated heterocycles. The highest BCUT2D eigenvalue weighted by molar-refractivity contribution is 6.06. The third-order valence-corrected chi connectivity index (χ3v) is 2.49. The largest absolute Gasteiger partial charge is 0.478 e. The maximum atomic E-state index is 11.9. The average molecular weight is 271 g/mol. The minimum Gasteiger partial charge on any atom is -0.478 e. The second-order valence-corrected chi connectivity index (χ2v) is 3.95. The number of carbonyl (C=O) groups is 2. The molecule has 1 heterocycles. The number of aryl methyl sites for hydroxylation is 1. The van der Waals surface area contributed by atoms with Crippen molar-refractivity contribution in [2.75, 3.05) is 5.32 Å². The summed E-state index contributed by atoms with van der Waals surface area (Å²) in [6.07, 6.45) is 0. The van der Waals surface area contributed by atoms with Gasteiger partial charge in [-0.15, -0.1) is 0 Å². The van der Waals surface area contributed by atoms with Gasteiger partial charge in [0.25, 0.3) is 5.91 Å². The standard InChI is InChI=1S/C13H9N3O4/c1-7-4-11(16-20-7)12(17)15-10-3-2-8(6-14)5-9(10)13(18)19/h2-5H,1H3,(H,15,17)(H,18,19). The van der Waals surface area contributed by atoms with Crippen LogP contribution in [-0.4, -0.2) is 22.1 Å². The molecule has 0 radical (unpaired) electrons. The third kappa shape index (κ3) is 2.64. The molecule has 7 nitrogen and oxygen atoms in total. The Bertz CT molecular complexity index is 727. The Morgan fingerprint density at radius 1 is 1.40 bits per heavy atom. The fourth-order valence-electron chi connectivity index (χ4n) is 1.56. The molecule has 0 bridgehead atoms. The molecule has 7 heteroatoms. The maximum absolute atomic E-state index is 11.9. The number of aromatic carboxylic acids is 1. The molecule has 20 heavy (non-hydrogen) atoms. The van der Waals surface area contributed by atoms with Crippen LogP contribution in [-0.2, 0) is 0 Å². The number of aromatic nitrogens is 1. The van der Waals surface area contributed by atoms with Crippen LogP contribution in [0.15, 0.2) is 28.8 Å². The lowest BCUT2D eigenvalue weighted by Crippen LogP contribution is -2.15. The van der Waals surface area contributed by atoms with Crippen molar-refractivity contribution >= 4 is 17.6 Å². The molecule has 0 fully saturated rings. The molecule has 0 aliphatic heterocycles. The van der Waals surface area contributed by atoms with Crippen molar-refractivity contribution in [2.45, 2.75) is 6.92 Å². The van der Waals surface area contributed by atoms with E-state index in [-0.39, 0.29) is 22.5 Å². The minimum absolute atomic E-state index is 0.0446. The van der Waals surface area contributed by atoms with Crippen molar-refractivity contribution in [3.8, 4) is 6.07 Å². The number of hydrogen-bond acceptors (Lipinski definition) is 5. The number of amides is 1. The first-order chi connectivity index (χ1) is 9.51. The van der Waals surface area contributed by atoms with Crippen molar-refractivity contribution in [2.24, 2.45) is 0 Å². The van der Waals surface area contributed by atoms with Gasteiger partial charge in [0.05, 0.1) is 22.9 Å². The molecule has 100 valence electrons. The van der Waals surface area contributed by atoms with Gasteiger partial charge in [-0.05, 0) is 25.1 Å². The fourth-order valence-corrected chi connectivity index (χ4v) is 1.56. The van der Waals surface area contributed by atoms with Crippen molar-refractivity contribution in [3.05, 3.63) is 46.8 Å². The van der Waals surface area contributed by atoms with Gasteiger partial charge in [0.15, 0.2) is 5.69 Å². The molecule has 2 aromatic rings. The number of carboxylic acids is 1. The molecular formula is C13H9N3O4. The maximum Gasteiger partial charge on any atom is 0.337 e. The number of carbonyl (C=O) groups excluding carboxylic acids is 1. The zero-order chi connectivity index (χ0) is 14.7. The van der Waals surface area contributed by atoms with Gasteiger partial charge >= 0.3 is 5.97 Å². The molecule has 1 aromatic heterocycles. The summed E-state index contributed by atoms with van der Waals surface area (Å²) in [6, 6.07) is 7.22. The SMILES string of the molecule is Cc1cc(C(=O)Nc2ccc(C#N)cc2C(=O)O)no1. The third-order valence-electron chi connectivity index (χ3n) is 2.49. The second kappa shape index (κ2) is 5.24. The Hall–Kier alpha value is -3.14. The van der Waals surface area contributed by atoms with E-state index in [0.29, 0.717) is 5.76 Å². The predicted octanol–water partition coefficient (Wildman–Crippen LogP) is 1.81. The van der Waals surface area contributed by atoms with Crippen LogP contribution in [0, 0.1) is 18.3 Å². The number of anilines is 1. The Morgan fingerprint density at radius 3 is 2.70 bits per heavy atom. The summed E-state index contributed by atoms with van der Waals surface area (Å²) < 4.78 is 4.77. The van der Waals surface area contributed by atoms with Crippen LogP contribution >= 0.6 is 0 Å². The van der Waals surface area contributed by atoms with E-state index >= 15 is 0 Å². The first-order valence-electron chi connectivity index (χ1n) is 5.53. The highest BCUT2D eigenvalue weighted by Gasteiger charge is 2.16. The fraction of sp³-hybridized carbons (Fsp3) is 0.0769. The van der Waals surface area contributed by atoms with Gasteiger partial charge < -0.3 is 14.9 Å². The Balaban J connectivity index is 2.32. The summed E-state index contributed by atoms with van der Waals surface area (Å²) in [5, 5.41) is 23.8. The summed E-state index contributed by atoms with van der Waals surface area (Å²) in [5.74, 6) is -1.36. The number of hydrogen-bond donors (Lipinski definition) is 2. The van der Waals surface area contributed by atoms with E-state index in [0.717, 1.165) is 0 Å². The van der Waals surface area contributed by atoms with Gasteiger partial charge in [-0.1, -0.05) is 5.16 Å². The summed E-state index contributed by atoms with van der Waals surface area (Å²) >= 11 is 0. The second-order valence-electron chi connectivity index (χ2n) is 3.95. The number of rotatable bonds is 3. The molecule has 0 atom stereocenters. The molecule has 0 aliphatic carbocycles. The summed E-state index contributed by atoms with van der Waals surface area (Å²) in [5.41, 5.74) is 0.153. The van der Waals surface area contributed by atoms with E-state index in [1.807, 2.05) is 6.07 Å². The Kier molecular flexibility index (Phi) is 3.48. The lowest BCUT2D eigenvalue weighted by molar-refractivity contribution is 0.0698. The molecule has 0 spiro atoms. The number of nitriles is 1. The van der Waals surface area contributed by atoms with Crippen LogP contribution in [0.3, 0.4) is 0 Å². The lowest BCUT2D eigenvalue weighted by atomic mass is 10.1. The highest BCUT2D eigenvalue weighted by Crippen LogP contribution is 2.18. The quantitative estimate of drug-likeness (QED) is 0.879. The molecule has 0 aliphatic rings. The van der Waals surface area contributed by atoms with Crippen molar-refractivity contribution in [1.82, 2.24) is 5.16 Å². The van der Waals surface area contributed by atoms with Crippen molar-refractivity contribution < 1.29 is 19.2 Å². The molecule has 2 N–H and O–H groups in total. The summed E-state index contributed by atoms with van der Waals surface area (Å²) in [4.78, 5) is 23.0. The van der Waals surface area contributed by atoms with E-state index in [1.165, 1.54) is 24.3 Å². The van der Waals surface area contributed by atoms with E-state index in [2.05, 4.69) is 10.5 Å². The molecular weight excluding hydrogens is 262 g/mol. The predicted molar refractivity (Wildman–Crippen MR) is 67.3 cm³/mol. The van der Waals surface area contributed by atoms with Gasteiger partial charge in [-0.25, -0.2) is 4.79 Å². The lowest BCUT2D eigenvalue weighted by Gasteiger charge is -2.07. The Labute approximate surface area is 113 Å². The highest BCUT2D eigenvalue weighted by atomic mass is 16.5. The van der Waals surface area contributed by atoms with Crippen molar-refractivity contribution in [3.63, 3.8) is 0 Å². The van der Waals surface area contributed by atoms with Crippen molar-refractivity contribution in [1.29, 1.82) is 5.26 Å². The molecule has 0 unspecified atom stereocenters. The van der Waals surface area contributed by atoms with Crippen LogP contribution in [0.4, 0.5) is 5.69 Å². The molecule has 2 rings (SSSR count). The Morgan fingerprint density at radius 2 is 2.15 bits per heavy atom. The zero-order valence-electron chi connectivity index (χ0n) is 10.4. The number of nitrogens with zero attached hydrogens (tertiary/aromatic N) is 2. The van der Waals surface area contributed by atoms with Crippen LogP contribution in [0.1, 0.15) is 32.2 Å². The molecule has 1 aromatic carbocycles. The van der Waals surface area contributed by atoms with Crippen LogP contribution < -0.4 is 5.32 Å². The van der Waals surface area contributed by atoms with E-state index < -0.39 is 11.9 Å². The van der Waals surface area contributed by atoms with Gasteiger partial charge in [0.2, 0.25) is 0 Å². The van der Waals surface area contributed by atoms with E-state index in [4.69, 9.17) is 14.9 Å². The monoisotopic (exact) mass is 271 g/mol. The first-order valence-corrected chi connectivity index (χ1v) is 5.53. The summed E-state index contributed by atoms with van der Waals surface area (Å²) in [7, 11) is 0. The van der Waals surface area contributed by atoms with Crippen LogP contribution in [0.5, 0.6) is 0 Å². The smallest absolute Gasteiger partial charge is 0.337 e. The normalized spacial score (nSPS) is 9.80. The van der Waals surface area contributed by atoms with Gasteiger partial charge in [-0.2, -0.15) is 5.26 Å². The number of benzene rings is 1. The first kappa shape index (κ1) is 13.3. The number of carboxylic acid groups (broad SMARTS) is 1. The van der Waals surface area contributed by atoms with Crippen LogP contribution in [0.2, 0.25) is 0 Å². The summed E-state index contributed by atoms with van der Waals surface area (Å²) in [6.45, 7) is 1.63. The van der Waals surface area contributed by atoms with Crippen LogP contribution in [0.25, 0.3) is 0 Å². The van der Waals surface area contributed by atoms with Gasteiger partial charge in [0.1, 0.15) is 5.76 Å². The van der Waals surface area contributed by atoms with E-state index in [9.17, 15) is 9.59 Å². The topological polar surface area (TPSA) is 116 Å². The molecule has 0 saturated carbocycles.